The second-order valence-electron chi connectivity index (χ2n) is 3.40. The van der Waals surface area contributed by atoms with E-state index in [-0.39, 0.29) is 5.75 Å². The van der Waals surface area contributed by atoms with E-state index >= 15 is 0 Å². The van der Waals surface area contributed by atoms with Gasteiger partial charge in [0.05, 0.1) is 6.20 Å². The number of hydrogen-bond acceptors (Lipinski definition) is 3. The molecule has 1 aromatic carbocycles. The van der Waals surface area contributed by atoms with Crippen molar-refractivity contribution in [2.45, 2.75) is 6.42 Å². The maximum absolute atomic E-state index is 9.72. The molecule has 1 aromatic heterocycles. The molecule has 2 aromatic rings. The van der Waals surface area contributed by atoms with Gasteiger partial charge in [0.1, 0.15) is 16.0 Å². The molecule has 0 atom stereocenters. The number of para-hydroxylation sites is 2. The normalized spacial score (nSPS) is 10.6. The topological polar surface area (TPSA) is 64.1 Å². The summed E-state index contributed by atoms with van der Waals surface area (Å²) in [4.78, 5) is 0. The van der Waals surface area contributed by atoms with Crippen molar-refractivity contribution >= 4 is 15.9 Å². The van der Waals surface area contributed by atoms with E-state index in [0.29, 0.717) is 12.2 Å². The van der Waals surface area contributed by atoms with Gasteiger partial charge in [0.15, 0.2) is 0 Å². The summed E-state index contributed by atoms with van der Waals surface area (Å²) in [7, 11) is 0. The van der Waals surface area contributed by atoms with E-state index in [1.54, 1.807) is 29.1 Å². The molecular weight excluding hydrogens is 270 g/mol. The van der Waals surface area contributed by atoms with Crippen LogP contribution in [0.5, 0.6) is 5.75 Å². The van der Waals surface area contributed by atoms with Crippen LogP contribution in [0.15, 0.2) is 35.1 Å². The predicted molar refractivity (Wildman–Crippen MR) is 65.7 cm³/mol. The summed E-state index contributed by atoms with van der Waals surface area (Å²) in [6.45, 7) is 0.574. The first-order valence-electron chi connectivity index (χ1n) is 4.95. The lowest BCUT2D eigenvalue weighted by Gasteiger charge is -2.05. The van der Waals surface area contributed by atoms with Crippen LogP contribution in [-0.2, 0) is 6.42 Å². The van der Waals surface area contributed by atoms with Crippen LogP contribution in [0.25, 0.3) is 5.69 Å². The van der Waals surface area contributed by atoms with E-state index in [0.717, 1.165) is 16.6 Å². The minimum Gasteiger partial charge on any atom is -0.506 e. The Morgan fingerprint density at radius 3 is 2.81 bits per heavy atom. The SMILES string of the molecule is NCCc1cnn(-c2ccccc2O)c1Br. The van der Waals surface area contributed by atoms with Crippen LogP contribution in [0, 0.1) is 0 Å². The van der Waals surface area contributed by atoms with Gasteiger partial charge >= 0.3 is 0 Å². The summed E-state index contributed by atoms with van der Waals surface area (Å²) in [6.07, 6.45) is 2.51. The van der Waals surface area contributed by atoms with Gasteiger partial charge in [0.2, 0.25) is 0 Å². The van der Waals surface area contributed by atoms with E-state index in [4.69, 9.17) is 5.73 Å². The molecule has 0 aliphatic rings. The highest BCUT2D eigenvalue weighted by Crippen LogP contribution is 2.26. The molecule has 0 unspecified atom stereocenters. The Balaban J connectivity index is 2.45. The van der Waals surface area contributed by atoms with Crippen LogP contribution in [0.3, 0.4) is 0 Å². The average Bonchev–Trinajstić information content (AvgIpc) is 2.62. The highest BCUT2D eigenvalue weighted by Gasteiger charge is 2.11. The zero-order valence-corrected chi connectivity index (χ0v) is 10.2. The van der Waals surface area contributed by atoms with Crippen molar-refractivity contribution in [3.63, 3.8) is 0 Å². The highest BCUT2D eigenvalue weighted by molar-refractivity contribution is 9.10. The lowest BCUT2D eigenvalue weighted by Crippen LogP contribution is -2.03. The van der Waals surface area contributed by atoms with E-state index in [1.165, 1.54) is 0 Å². The standard InChI is InChI=1S/C11H12BrN3O/c12-11-8(5-6-13)7-14-15(11)9-3-1-2-4-10(9)16/h1-4,7,16H,5-6,13H2. The Morgan fingerprint density at radius 1 is 1.38 bits per heavy atom. The van der Waals surface area contributed by atoms with Crippen LogP contribution >= 0.6 is 15.9 Å². The van der Waals surface area contributed by atoms with E-state index in [1.807, 2.05) is 6.07 Å². The molecule has 0 aliphatic heterocycles. The molecule has 0 radical (unpaired) electrons. The fourth-order valence-corrected chi connectivity index (χ4v) is 2.09. The first kappa shape index (κ1) is 11.2. The number of aromatic nitrogens is 2. The molecule has 0 bridgehead atoms. The molecule has 3 N–H and O–H groups in total. The summed E-state index contributed by atoms with van der Waals surface area (Å²) < 4.78 is 2.49. The molecule has 2 rings (SSSR count). The average molecular weight is 282 g/mol. The minimum atomic E-state index is 0.200. The van der Waals surface area contributed by atoms with E-state index in [2.05, 4.69) is 21.0 Å². The van der Waals surface area contributed by atoms with Gasteiger partial charge in [0.25, 0.3) is 0 Å². The van der Waals surface area contributed by atoms with Crippen molar-refractivity contribution in [2.24, 2.45) is 5.73 Å². The van der Waals surface area contributed by atoms with Gasteiger partial charge in [0, 0.05) is 5.56 Å². The van der Waals surface area contributed by atoms with Gasteiger partial charge in [-0.25, -0.2) is 4.68 Å². The first-order valence-corrected chi connectivity index (χ1v) is 5.74. The Bertz CT molecular complexity index is 496. The molecule has 0 spiro atoms. The van der Waals surface area contributed by atoms with Crippen molar-refractivity contribution in [3.05, 3.63) is 40.6 Å². The third kappa shape index (κ3) is 1.96. The van der Waals surface area contributed by atoms with Gasteiger partial charge in [-0.05, 0) is 41.0 Å². The number of rotatable bonds is 3. The van der Waals surface area contributed by atoms with E-state index < -0.39 is 0 Å². The number of nitrogens with zero attached hydrogens (tertiary/aromatic N) is 2. The molecule has 1 heterocycles. The lowest BCUT2D eigenvalue weighted by molar-refractivity contribution is 0.470. The van der Waals surface area contributed by atoms with Crippen molar-refractivity contribution in [2.75, 3.05) is 6.54 Å². The molecule has 0 aliphatic carbocycles. The number of phenolic OH excluding ortho intramolecular Hbond substituents is 1. The zero-order valence-electron chi connectivity index (χ0n) is 8.60. The van der Waals surface area contributed by atoms with Gasteiger partial charge < -0.3 is 10.8 Å². The van der Waals surface area contributed by atoms with Crippen LogP contribution in [0.4, 0.5) is 0 Å². The molecular formula is C11H12BrN3O. The predicted octanol–water partition coefficient (Wildman–Crippen LogP) is 1.84. The second kappa shape index (κ2) is 4.67. The Labute approximate surface area is 102 Å². The smallest absolute Gasteiger partial charge is 0.141 e. The Hall–Kier alpha value is -1.33. The number of hydrogen-bond donors (Lipinski definition) is 2. The Morgan fingerprint density at radius 2 is 2.12 bits per heavy atom. The zero-order chi connectivity index (χ0) is 11.5. The first-order chi connectivity index (χ1) is 7.74. The van der Waals surface area contributed by atoms with Gasteiger partial charge in [-0.2, -0.15) is 5.10 Å². The van der Waals surface area contributed by atoms with Gasteiger partial charge in [-0.1, -0.05) is 12.1 Å². The molecule has 0 saturated carbocycles. The van der Waals surface area contributed by atoms with Gasteiger partial charge in [-0.15, -0.1) is 0 Å². The lowest BCUT2D eigenvalue weighted by atomic mass is 10.2. The summed E-state index contributed by atoms with van der Waals surface area (Å²) >= 11 is 3.46. The van der Waals surface area contributed by atoms with Crippen molar-refractivity contribution in [1.82, 2.24) is 9.78 Å². The van der Waals surface area contributed by atoms with Crippen LogP contribution in [0.2, 0.25) is 0 Å². The monoisotopic (exact) mass is 281 g/mol. The minimum absolute atomic E-state index is 0.200. The highest BCUT2D eigenvalue weighted by atomic mass is 79.9. The van der Waals surface area contributed by atoms with E-state index in [9.17, 15) is 5.11 Å². The number of phenols is 1. The molecule has 0 saturated heterocycles. The molecule has 4 nitrogen and oxygen atoms in total. The molecule has 0 fully saturated rings. The number of nitrogens with two attached hydrogens (primary N) is 1. The van der Waals surface area contributed by atoms with Crippen LogP contribution < -0.4 is 5.73 Å². The number of halogens is 1. The van der Waals surface area contributed by atoms with Crippen molar-refractivity contribution in [3.8, 4) is 11.4 Å². The summed E-state index contributed by atoms with van der Waals surface area (Å²) in [5.74, 6) is 0.200. The largest absolute Gasteiger partial charge is 0.506 e. The maximum Gasteiger partial charge on any atom is 0.141 e. The van der Waals surface area contributed by atoms with Gasteiger partial charge in [-0.3, -0.25) is 0 Å². The van der Waals surface area contributed by atoms with Crippen LogP contribution in [-0.4, -0.2) is 21.4 Å². The third-order valence-electron chi connectivity index (χ3n) is 2.30. The summed E-state index contributed by atoms with van der Waals surface area (Å²) in [6, 6.07) is 7.06. The maximum atomic E-state index is 9.72. The molecule has 5 heteroatoms. The van der Waals surface area contributed by atoms with Crippen molar-refractivity contribution < 1.29 is 5.11 Å². The fourth-order valence-electron chi connectivity index (χ4n) is 1.50. The van der Waals surface area contributed by atoms with Crippen molar-refractivity contribution in [1.29, 1.82) is 0 Å². The summed E-state index contributed by atoms with van der Waals surface area (Å²) in [5, 5.41) is 13.9. The molecule has 16 heavy (non-hydrogen) atoms. The Kier molecular flexibility index (Phi) is 3.26. The summed E-state index contributed by atoms with van der Waals surface area (Å²) in [5.41, 5.74) is 7.18. The molecule has 0 amide bonds. The number of benzene rings is 1. The quantitative estimate of drug-likeness (QED) is 0.902. The third-order valence-corrected chi connectivity index (χ3v) is 3.15. The fraction of sp³-hybridized carbons (Fsp3) is 0.182. The second-order valence-corrected chi connectivity index (χ2v) is 4.15. The number of aromatic hydroxyl groups is 1. The van der Waals surface area contributed by atoms with Crippen LogP contribution in [0.1, 0.15) is 5.56 Å². The molecule has 84 valence electrons.